The van der Waals surface area contributed by atoms with Gasteiger partial charge in [-0.3, -0.25) is 20.2 Å². The first-order chi connectivity index (χ1) is 17.3. The first kappa shape index (κ1) is 24.0. The average molecular weight is 486 g/mol. The van der Waals surface area contributed by atoms with Gasteiger partial charge in [-0.05, 0) is 70.4 Å². The monoisotopic (exact) mass is 486 g/mol. The Morgan fingerprint density at radius 2 is 0.944 bits per heavy atom. The minimum atomic E-state index is -0.554. The minimum absolute atomic E-state index is 0.0333. The number of carbonyl (C=O) groups excluding carboxylic acids is 2. The Balaban J connectivity index is 1.37. The molecule has 4 rings (SSSR count). The Morgan fingerprint density at radius 3 is 1.28 bits per heavy atom. The molecule has 4 aromatic rings. The van der Waals surface area contributed by atoms with Crippen LogP contribution in [0.3, 0.4) is 0 Å². The molecule has 0 N–H and O–H groups in total. The summed E-state index contributed by atoms with van der Waals surface area (Å²) in [5.74, 6) is -1.11. The molecule has 0 amide bonds. The molecular formula is C26H18N2O8. The van der Waals surface area contributed by atoms with Crippen LogP contribution in [-0.2, 0) is 22.7 Å². The van der Waals surface area contributed by atoms with Gasteiger partial charge in [-0.1, -0.05) is 12.1 Å². The molecule has 180 valence electrons. The highest BCUT2D eigenvalue weighted by Crippen LogP contribution is 2.21. The number of hydrogen-bond donors (Lipinski definition) is 0. The molecule has 0 saturated carbocycles. The van der Waals surface area contributed by atoms with Crippen molar-refractivity contribution in [3.63, 3.8) is 0 Å². The topological polar surface area (TPSA) is 139 Å². The van der Waals surface area contributed by atoms with E-state index in [9.17, 15) is 29.8 Å². The fraction of sp³-hybridized carbons (Fsp3) is 0.0769. The molecule has 0 atom stereocenters. The SMILES string of the molecule is O=C(OCc1ccc([N+](=O)[O-])cc1)c1ccc2cc(C(=O)OCc3ccc([N+](=O)[O-])cc3)ccc2c1. The summed E-state index contributed by atoms with van der Waals surface area (Å²) in [5, 5.41) is 22.9. The summed E-state index contributed by atoms with van der Waals surface area (Å²) >= 11 is 0. The van der Waals surface area contributed by atoms with Gasteiger partial charge in [0.1, 0.15) is 13.2 Å². The maximum Gasteiger partial charge on any atom is 0.338 e. The molecule has 0 spiro atoms. The molecule has 10 nitrogen and oxygen atoms in total. The van der Waals surface area contributed by atoms with Gasteiger partial charge in [-0.15, -0.1) is 0 Å². The van der Waals surface area contributed by atoms with E-state index < -0.39 is 21.8 Å². The van der Waals surface area contributed by atoms with Crippen LogP contribution in [0.2, 0.25) is 0 Å². The number of fused-ring (bicyclic) bond motifs is 1. The Hall–Kier alpha value is -5.12. The number of ether oxygens (including phenoxy) is 2. The van der Waals surface area contributed by atoms with E-state index in [4.69, 9.17) is 9.47 Å². The molecule has 0 aliphatic rings. The highest BCUT2D eigenvalue weighted by Gasteiger charge is 2.13. The molecule has 0 aliphatic heterocycles. The number of non-ortho nitro benzene ring substituents is 2. The first-order valence-corrected chi connectivity index (χ1v) is 10.6. The van der Waals surface area contributed by atoms with Gasteiger partial charge in [0.15, 0.2) is 0 Å². The van der Waals surface area contributed by atoms with Gasteiger partial charge in [0, 0.05) is 24.3 Å². The first-order valence-electron chi connectivity index (χ1n) is 10.6. The van der Waals surface area contributed by atoms with E-state index >= 15 is 0 Å². The molecular weight excluding hydrogens is 468 g/mol. The van der Waals surface area contributed by atoms with Crippen LogP contribution in [0.4, 0.5) is 11.4 Å². The maximum absolute atomic E-state index is 12.4. The molecule has 4 aromatic carbocycles. The third kappa shape index (κ3) is 5.68. The third-order valence-corrected chi connectivity index (χ3v) is 5.35. The highest BCUT2D eigenvalue weighted by molar-refractivity contribution is 5.99. The van der Waals surface area contributed by atoms with Gasteiger partial charge >= 0.3 is 11.9 Å². The van der Waals surface area contributed by atoms with Crippen molar-refractivity contribution in [3.8, 4) is 0 Å². The number of esters is 2. The van der Waals surface area contributed by atoms with E-state index in [0.29, 0.717) is 33.0 Å². The summed E-state index contributed by atoms with van der Waals surface area (Å²) in [6.07, 6.45) is 0. The molecule has 0 saturated heterocycles. The van der Waals surface area contributed by atoms with Crippen molar-refractivity contribution in [1.29, 1.82) is 0 Å². The number of nitro benzene ring substituents is 2. The van der Waals surface area contributed by atoms with Gasteiger partial charge in [-0.25, -0.2) is 9.59 Å². The number of nitro groups is 2. The highest BCUT2D eigenvalue weighted by atomic mass is 16.6. The van der Waals surface area contributed by atoms with Crippen LogP contribution in [0, 0.1) is 20.2 Å². The van der Waals surface area contributed by atoms with E-state index in [2.05, 4.69) is 0 Å². The van der Waals surface area contributed by atoms with Crippen LogP contribution in [0.1, 0.15) is 31.8 Å². The van der Waals surface area contributed by atoms with Crippen molar-refractivity contribution in [2.45, 2.75) is 13.2 Å². The molecule has 0 aliphatic carbocycles. The minimum Gasteiger partial charge on any atom is -0.457 e. The Kier molecular flexibility index (Phi) is 6.96. The van der Waals surface area contributed by atoms with Crippen LogP contribution in [0.25, 0.3) is 10.8 Å². The second-order valence-corrected chi connectivity index (χ2v) is 7.78. The normalized spacial score (nSPS) is 10.6. The smallest absolute Gasteiger partial charge is 0.338 e. The quantitative estimate of drug-likeness (QED) is 0.184. The predicted octanol–water partition coefficient (Wildman–Crippen LogP) is 5.37. The van der Waals surface area contributed by atoms with E-state index in [1.54, 1.807) is 36.4 Å². The maximum atomic E-state index is 12.4. The summed E-state index contributed by atoms with van der Waals surface area (Å²) in [6, 6.07) is 21.3. The molecule has 36 heavy (non-hydrogen) atoms. The number of benzene rings is 4. The summed E-state index contributed by atoms with van der Waals surface area (Å²) in [5.41, 5.74) is 1.78. The molecule has 0 fully saturated rings. The Bertz CT molecular complexity index is 1350. The number of carbonyl (C=O) groups is 2. The molecule has 0 radical (unpaired) electrons. The number of rotatable bonds is 8. The van der Waals surface area contributed by atoms with Gasteiger partial charge in [0.05, 0.1) is 21.0 Å². The third-order valence-electron chi connectivity index (χ3n) is 5.35. The molecule has 0 unspecified atom stereocenters. The summed E-state index contributed by atoms with van der Waals surface area (Å²) in [7, 11) is 0. The standard InChI is InChI=1S/C26H18N2O8/c29-25(35-15-17-1-9-23(10-2-17)27(31)32)21-7-5-20-14-22(8-6-19(20)13-21)26(30)36-16-18-3-11-24(12-4-18)28(33)34/h1-14H,15-16H2. The van der Waals surface area contributed by atoms with E-state index in [0.717, 1.165) is 0 Å². The van der Waals surface area contributed by atoms with Crippen LogP contribution in [0.15, 0.2) is 84.9 Å². The van der Waals surface area contributed by atoms with Crippen molar-refractivity contribution in [2.24, 2.45) is 0 Å². The molecule has 0 bridgehead atoms. The number of nitrogens with zero attached hydrogens (tertiary/aromatic N) is 2. The largest absolute Gasteiger partial charge is 0.457 e. The number of hydrogen-bond acceptors (Lipinski definition) is 8. The predicted molar refractivity (Wildman–Crippen MR) is 128 cm³/mol. The fourth-order valence-corrected chi connectivity index (χ4v) is 3.39. The van der Waals surface area contributed by atoms with E-state index in [1.807, 2.05) is 0 Å². The lowest BCUT2D eigenvalue weighted by molar-refractivity contribution is -0.385. The van der Waals surface area contributed by atoms with Crippen LogP contribution in [0.5, 0.6) is 0 Å². The molecule has 0 heterocycles. The summed E-state index contributed by atoms with van der Waals surface area (Å²) < 4.78 is 10.6. The summed E-state index contributed by atoms with van der Waals surface area (Å²) in [4.78, 5) is 45.3. The van der Waals surface area contributed by atoms with Crippen molar-refractivity contribution in [1.82, 2.24) is 0 Å². The lowest BCUT2D eigenvalue weighted by atomic mass is 10.0. The van der Waals surface area contributed by atoms with Crippen molar-refractivity contribution < 1.29 is 28.9 Å². The van der Waals surface area contributed by atoms with E-state index in [-0.39, 0.29) is 24.6 Å². The van der Waals surface area contributed by atoms with Crippen LogP contribution >= 0.6 is 0 Å². The summed E-state index contributed by atoms with van der Waals surface area (Å²) in [6.45, 7) is -0.0667. The second-order valence-electron chi connectivity index (χ2n) is 7.78. The van der Waals surface area contributed by atoms with Crippen LogP contribution in [-0.4, -0.2) is 21.8 Å². The molecule has 10 heteroatoms. The lowest BCUT2D eigenvalue weighted by Crippen LogP contribution is -2.06. The molecule has 0 aromatic heterocycles. The van der Waals surface area contributed by atoms with Crippen molar-refractivity contribution >= 4 is 34.1 Å². The van der Waals surface area contributed by atoms with Crippen molar-refractivity contribution in [3.05, 3.63) is 127 Å². The van der Waals surface area contributed by atoms with Crippen molar-refractivity contribution in [2.75, 3.05) is 0 Å². The fourth-order valence-electron chi connectivity index (χ4n) is 3.39. The zero-order valence-electron chi connectivity index (χ0n) is 18.7. The zero-order valence-corrected chi connectivity index (χ0v) is 18.7. The Labute approximate surface area is 204 Å². The zero-order chi connectivity index (χ0) is 25.7. The van der Waals surface area contributed by atoms with Crippen LogP contribution < -0.4 is 0 Å². The average Bonchev–Trinajstić information content (AvgIpc) is 2.90. The van der Waals surface area contributed by atoms with Gasteiger partial charge in [0.2, 0.25) is 0 Å². The van der Waals surface area contributed by atoms with E-state index in [1.165, 1.54) is 48.5 Å². The van der Waals surface area contributed by atoms with Gasteiger partial charge in [-0.2, -0.15) is 0 Å². The second kappa shape index (κ2) is 10.4. The lowest BCUT2D eigenvalue weighted by Gasteiger charge is -2.08. The van der Waals surface area contributed by atoms with Gasteiger partial charge in [0.25, 0.3) is 11.4 Å². The van der Waals surface area contributed by atoms with Gasteiger partial charge < -0.3 is 9.47 Å². The Morgan fingerprint density at radius 1 is 0.583 bits per heavy atom.